The number of ether oxygens (including phenoxy) is 1. The molecule has 0 rings (SSSR count). The van der Waals surface area contributed by atoms with Gasteiger partial charge in [0.1, 0.15) is 0 Å². The Morgan fingerprint density at radius 3 is 2.71 bits per heavy atom. The standard InChI is InChI=1S/C10H20BrNO2/c1-3-9(8-14-2)12-10(13)6-4-5-7-11/h9H,3-8H2,1-2H3,(H,12,13). The van der Waals surface area contributed by atoms with E-state index in [2.05, 4.69) is 21.2 Å². The summed E-state index contributed by atoms with van der Waals surface area (Å²) < 4.78 is 5.00. The molecule has 0 radical (unpaired) electrons. The van der Waals surface area contributed by atoms with Gasteiger partial charge in [0, 0.05) is 18.9 Å². The number of nitrogens with one attached hydrogen (secondary N) is 1. The molecule has 1 N–H and O–H groups in total. The molecule has 0 aromatic carbocycles. The summed E-state index contributed by atoms with van der Waals surface area (Å²) in [6, 6.07) is 0.163. The van der Waals surface area contributed by atoms with Gasteiger partial charge in [0.2, 0.25) is 5.91 Å². The molecule has 1 unspecified atom stereocenters. The van der Waals surface area contributed by atoms with Crippen LogP contribution in [0.25, 0.3) is 0 Å². The van der Waals surface area contributed by atoms with Crippen molar-refractivity contribution in [1.29, 1.82) is 0 Å². The van der Waals surface area contributed by atoms with Crippen molar-refractivity contribution in [2.45, 2.75) is 38.6 Å². The molecule has 0 saturated carbocycles. The second-order valence-corrected chi connectivity index (χ2v) is 4.07. The number of hydrogen-bond acceptors (Lipinski definition) is 2. The number of halogens is 1. The number of hydrogen-bond donors (Lipinski definition) is 1. The van der Waals surface area contributed by atoms with Crippen molar-refractivity contribution >= 4 is 21.8 Å². The summed E-state index contributed by atoms with van der Waals surface area (Å²) in [6.45, 7) is 2.64. The van der Waals surface area contributed by atoms with Gasteiger partial charge in [-0.2, -0.15) is 0 Å². The van der Waals surface area contributed by atoms with E-state index in [1.54, 1.807) is 7.11 Å². The van der Waals surface area contributed by atoms with E-state index in [-0.39, 0.29) is 11.9 Å². The molecule has 84 valence electrons. The van der Waals surface area contributed by atoms with E-state index < -0.39 is 0 Å². The van der Waals surface area contributed by atoms with Gasteiger partial charge in [-0.15, -0.1) is 0 Å². The molecule has 1 atom stereocenters. The minimum absolute atomic E-state index is 0.134. The molecule has 0 aromatic rings. The summed E-state index contributed by atoms with van der Waals surface area (Å²) in [5.74, 6) is 0.134. The summed E-state index contributed by atoms with van der Waals surface area (Å²) in [5.41, 5.74) is 0. The van der Waals surface area contributed by atoms with Crippen LogP contribution in [0.2, 0.25) is 0 Å². The lowest BCUT2D eigenvalue weighted by Crippen LogP contribution is -2.37. The predicted octanol–water partition coefficient (Wildman–Crippen LogP) is 2.09. The average molecular weight is 266 g/mol. The van der Waals surface area contributed by atoms with Crippen molar-refractivity contribution < 1.29 is 9.53 Å². The van der Waals surface area contributed by atoms with Crippen LogP contribution < -0.4 is 5.32 Å². The Kier molecular flexibility index (Phi) is 9.40. The molecule has 3 nitrogen and oxygen atoms in total. The first-order valence-corrected chi connectivity index (χ1v) is 6.21. The summed E-state index contributed by atoms with van der Waals surface area (Å²) >= 11 is 3.34. The van der Waals surface area contributed by atoms with Gasteiger partial charge in [0.05, 0.1) is 12.6 Å². The summed E-state index contributed by atoms with van der Waals surface area (Å²) in [7, 11) is 1.65. The van der Waals surface area contributed by atoms with Gasteiger partial charge in [-0.3, -0.25) is 4.79 Å². The van der Waals surface area contributed by atoms with E-state index in [0.29, 0.717) is 13.0 Å². The SMILES string of the molecule is CCC(COC)NC(=O)CCCCBr. The molecule has 0 spiro atoms. The monoisotopic (exact) mass is 265 g/mol. The molecule has 14 heavy (non-hydrogen) atoms. The second-order valence-electron chi connectivity index (χ2n) is 3.27. The van der Waals surface area contributed by atoms with Crippen LogP contribution in [-0.2, 0) is 9.53 Å². The number of alkyl halides is 1. The Balaban J connectivity index is 3.56. The highest BCUT2D eigenvalue weighted by Gasteiger charge is 2.08. The molecule has 0 aliphatic heterocycles. The second kappa shape index (κ2) is 9.46. The van der Waals surface area contributed by atoms with E-state index in [9.17, 15) is 4.79 Å². The highest BCUT2D eigenvalue weighted by atomic mass is 79.9. The first-order chi connectivity index (χ1) is 6.74. The van der Waals surface area contributed by atoms with Gasteiger partial charge >= 0.3 is 0 Å². The number of unbranched alkanes of at least 4 members (excludes halogenated alkanes) is 1. The van der Waals surface area contributed by atoms with Crippen LogP contribution in [0.3, 0.4) is 0 Å². The van der Waals surface area contributed by atoms with E-state index in [4.69, 9.17) is 4.74 Å². The van der Waals surface area contributed by atoms with Crippen LogP contribution in [0.4, 0.5) is 0 Å². The largest absolute Gasteiger partial charge is 0.383 e. The molecule has 0 fully saturated rings. The van der Waals surface area contributed by atoms with Crippen molar-refractivity contribution in [2.24, 2.45) is 0 Å². The topological polar surface area (TPSA) is 38.3 Å². The molecule has 0 heterocycles. The highest BCUT2D eigenvalue weighted by molar-refractivity contribution is 9.09. The quantitative estimate of drug-likeness (QED) is 0.539. The number of rotatable bonds is 8. The van der Waals surface area contributed by atoms with Gasteiger partial charge in [-0.1, -0.05) is 22.9 Å². The molecular formula is C10H20BrNO2. The van der Waals surface area contributed by atoms with Crippen LogP contribution in [0.15, 0.2) is 0 Å². The Bertz CT molecular complexity index is 153. The van der Waals surface area contributed by atoms with Crippen LogP contribution in [0.1, 0.15) is 32.6 Å². The van der Waals surface area contributed by atoms with E-state index in [1.165, 1.54) is 0 Å². The average Bonchev–Trinajstić information content (AvgIpc) is 2.17. The highest BCUT2D eigenvalue weighted by Crippen LogP contribution is 2.00. The Morgan fingerprint density at radius 1 is 1.50 bits per heavy atom. The zero-order valence-electron chi connectivity index (χ0n) is 9.01. The lowest BCUT2D eigenvalue weighted by Gasteiger charge is -2.15. The summed E-state index contributed by atoms with van der Waals surface area (Å²) in [4.78, 5) is 11.4. The fourth-order valence-electron chi connectivity index (χ4n) is 1.14. The smallest absolute Gasteiger partial charge is 0.220 e. The van der Waals surface area contributed by atoms with Crippen molar-refractivity contribution in [1.82, 2.24) is 5.32 Å². The normalized spacial score (nSPS) is 12.5. The summed E-state index contributed by atoms with van der Waals surface area (Å²) in [6.07, 6.45) is 3.53. The molecule has 1 amide bonds. The fraction of sp³-hybridized carbons (Fsp3) is 0.900. The van der Waals surface area contributed by atoms with Crippen molar-refractivity contribution in [3.8, 4) is 0 Å². The first-order valence-electron chi connectivity index (χ1n) is 5.08. The van der Waals surface area contributed by atoms with Crippen LogP contribution in [-0.4, -0.2) is 31.0 Å². The van der Waals surface area contributed by atoms with E-state index in [0.717, 1.165) is 24.6 Å². The molecule has 0 aromatic heterocycles. The lowest BCUT2D eigenvalue weighted by molar-refractivity contribution is -0.122. The minimum Gasteiger partial charge on any atom is -0.383 e. The predicted molar refractivity (Wildman–Crippen MR) is 61.7 cm³/mol. The summed E-state index contributed by atoms with van der Waals surface area (Å²) in [5, 5.41) is 3.92. The third kappa shape index (κ3) is 7.33. The van der Waals surface area contributed by atoms with Crippen LogP contribution in [0, 0.1) is 0 Å². The minimum atomic E-state index is 0.134. The zero-order chi connectivity index (χ0) is 10.8. The van der Waals surface area contributed by atoms with Crippen molar-refractivity contribution in [3.63, 3.8) is 0 Å². The van der Waals surface area contributed by atoms with Crippen LogP contribution in [0.5, 0.6) is 0 Å². The third-order valence-electron chi connectivity index (χ3n) is 2.01. The maximum Gasteiger partial charge on any atom is 0.220 e. The Labute approximate surface area is 94.7 Å². The number of carbonyl (C=O) groups excluding carboxylic acids is 1. The Hall–Kier alpha value is -0.0900. The van der Waals surface area contributed by atoms with Crippen molar-refractivity contribution in [2.75, 3.05) is 19.0 Å². The third-order valence-corrected chi connectivity index (χ3v) is 2.57. The molecule has 0 aliphatic carbocycles. The van der Waals surface area contributed by atoms with Gasteiger partial charge in [-0.25, -0.2) is 0 Å². The van der Waals surface area contributed by atoms with Crippen molar-refractivity contribution in [3.05, 3.63) is 0 Å². The number of amides is 1. The van der Waals surface area contributed by atoms with Gasteiger partial charge in [-0.05, 0) is 19.3 Å². The van der Waals surface area contributed by atoms with Gasteiger partial charge < -0.3 is 10.1 Å². The molecule has 4 heteroatoms. The molecular weight excluding hydrogens is 246 g/mol. The van der Waals surface area contributed by atoms with Gasteiger partial charge in [0.15, 0.2) is 0 Å². The Morgan fingerprint density at radius 2 is 2.21 bits per heavy atom. The maximum absolute atomic E-state index is 11.4. The lowest BCUT2D eigenvalue weighted by atomic mass is 10.2. The fourth-order valence-corrected chi connectivity index (χ4v) is 1.54. The number of carbonyl (C=O) groups is 1. The molecule has 0 aliphatic rings. The zero-order valence-corrected chi connectivity index (χ0v) is 10.6. The van der Waals surface area contributed by atoms with Gasteiger partial charge in [0.25, 0.3) is 0 Å². The number of methoxy groups -OCH3 is 1. The molecule has 0 bridgehead atoms. The maximum atomic E-state index is 11.4. The molecule has 0 saturated heterocycles. The van der Waals surface area contributed by atoms with E-state index in [1.807, 2.05) is 6.92 Å². The van der Waals surface area contributed by atoms with E-state index >= 15 is 0 Å². The van der Waals surface area contributed by atoms with Crippen LogP contribution >= 0.6 is 15.9 Å². The first kappa shape index (κ1) is 13.9.